The third-order valence-electron chi connectivity index (χ3n) is 6.74. The predicted octanol–water partition coefficient (Wildman–Crippen LogP) is 4.08. The average molecular weight is 348 g/mol. The van der Waals surface area contributed by atoms with Crippen LogP contribution in [0.2, 0.25) is 0 Å². The van der Waals surface area contributed by atoms with Gasteiger partial charge in [0.1, 0.15) is 5.75 Å². The van der Waals surface area contributed by atoms with E-state index in [2.05, 4.69) is 58.3 Å². The van der Waals surface area contributed by atoms with Crippen LogP contribution in [-0.2, 0) is 6.42 Å². The highest BCUT2D eigenvalue weighted by Crippen LogP contribution is 2.39. The van der Waals surface area contributed by atoms with E-state index in [4.69, 9.17) is 4.74 Å². The fourth-order valence-corrected chi connectivity index (χ4v) is 5.34. The van der Waals surface area contributed by atoms with Crippen molar-refractivity contribution in [3.8, 4) is 5.75 Å². The van der Waals surface area contributed by atoms with Gasteiger partial charge in [-0.1, -0.05) is 24.3 Å². The summed E-state index contributed by atoms with van der Waals surface area (Å²) in [5.41, 5.74) is 4.47. The zero-order valence-electron chi connectivity index (χ0n) is 15.6. The molecular formula is C23H28N2O. The number of nitrogens with zero attached hydrogens (tertiary/aromatic N) is 2. The molecule has 1 aliphatic carbocycles. The first-order chi connectivity index (χ1) is 12.8. The number of aryl methyl sites for hydroxylation is 1. The summed E-state index contributed by atoms with van der Waals surface area (Å²) in [6.07, 6.45) is 5.21. The van der Waals surface area contributed by atoms with E-state index in [1.807, 2.05) is 0 Å². The zero-order chi connectivity index (χ0) is 17.5. The largest absolute Gasteiger partial charge is 0.497 e. The summed E-state index contributed by atoms with van der Waals surface area (Å²) in [6, 6.07) is 19.0. The van der Waals surface area contributed by atoms with E-state index in [1.165, 1.54) is 62.1 Å². The smallest absolute Gasteiger partial charge is 0.119 e. The van der Waals surface area contributed by atoms with Gasteiger partial charge in [-0.25, -0.2) is 0 Å². The molecule has 6 rings (SSSR count). The molecule has 3 heteroatoms. The number of piperidine rings is 2. The van der Waals surface area contributed by atoms with Crippen molar-refractivity contribution < 1.29 is 4.74 Å². The van der Waals surface area contributed by atoms with Gasteiger partial charge in [-0.05, 0) is 67.0 Å². The fourth-order valence-electron chi connectivity index (χ4n) is 5.34. The first-order valence-electron chi connectivity index (χ1n) is 10.0. The van der Waals surface area contributed by atoms with Gasteiger partial charge in [-0.2, -0.15) is 0 Å². The summed E-state index contributed by atoms with van der Waals surface area (Å²) in [5.74, 6) is 1.68. The summed E-state index contributed by atoms with van der Waals surface area (Å²) >= 11 is 0. The number of fused-ring (bicyclic) bond motifs is 4. The number of ether oxygens (including phenoxy) is 1. The lowest BCUT2D eigenvalue weighted by Crippen LogP contribution is -2.63. The van der Waals surface area contributed by atoms with E-state index in [0.29, 0.717) is 18.0 Å². The number of piperazine rings is 1. The molecular weight excluding hydrogens is 320 g/mol. The molecule has 2 aromatic rings. The summed E-state index contributed by atoms with van der Waals surface area (Å²) in [6.45, 7) is 3.62. The second kappa shape index (κ2) is 6.62. The summed E-state index contributed by atoms with van der Waals surface area (Å²) in [5, 5.41) is 0. The molecule has 3 aliphatic heterocycles. The fraction of sp³-hybridized carbons (Fsp3) is 0.478. The van der Waals surface area contributed by atoms with E-state index in [0.717, 1.165) is 5.75 Å². The molecule has 0 aromatic heterocycles. The molecule has 3 fully saturated rings. The summed E-state index contributed by atoms with van der Waals surface area (Å²) in [4.78, 5) is 5.43. The van der Waals surface area contributed by atoms with E-state index < -0.39 is 0 Å². The van der Waals surface area contributed by atoms with Crippen LogP contribution in [0.15, 0.2) is 48.5 Å². The predicted molar refractivity (Wildman–Crippen MR) is 106 cm³/mol. The topological polar surface area (TPSA) is 15.7 Å². The Bertz CT molecular complexity index is 775. The molecule has 4 aliphatic rings. The van der Waals surface area contributed by atoms with Gasteiger partial charge in [-0.3, -0.25) is 4.90 Å². The molecule has 0 saturated carbocycles. The van der Waals surface area contributed by atoms with Crippen LogP contribution in [0.3, 0.4) is 0 Å². The van der Waals surface area contributed by atoms with Gasteiger partial charge in [0.25, 0.3) is 0 Å². The molecule has 0 unspecified atom stereocenters. The molecule has 3 atom stereocenters. The van der Waals surface area contributed by atoms with Crippen molar-refractivity contribution >= 4 is 5.69 Å². The molecule has 0 spiro atoms. The zero-order valence-corrected chi connectivity index (χ0v) is 15.6. The van der Waals surface area contributed by atoms with E-state index in [9.17, 15) is 0 Å². The molecule has 136 valence electrons. The number of rotatable bonds is 4. The highest BCUT2D eigenvalue weighted by atomic mass is 16.5. The monoisotopic (exact) mass is 348 g/mol. The molecule has 2 bridgehead atoms. The van der Waals surface area contributed by atoms with Crippen LogP contribution in [0.4, 0.5) is 5.69 Å². The SMILES string of the molecule is COc1ccc2c(c1)[C@H](CN1C[C@H]3CC[C@H]1CN3c1ccccc1)CC2. The quantitative estimate of drug-likeness (QED) is 0.828. The van der Waals surface area contributed by atoms with Gasteiger partial charge in [0.2, 0.25) is 0 Å². The Hall–Kier alpha value is -2.00. The van der Waals surface area contributed by atoms with Crippen molar-refractivity contribution in [2.24, 2.45) is 0 Å². The third kappa shape index (κ3) is 2.79. The van der Waals surface area contributed by atoms with Crippen LogP contribution in [0.1, 0.15) is 36.3 Å². The van der Waals surface area contributed by atoms with Crippen molar-refractivity contribution in [2.75, 3.05) is 31.6 Å². The summed E-state index contributed by atoms with van der Waals surface area (Å²) in [7, 11) is 1.77. The molecule has 3 heterocycles. The minimum Gasteiger partial charge on any atom is -0.497 e. The van der Waals surface area contributed by atoms with Gasteiger partial charge < -0.3 is 9.64 Å². The second-order valence-corrected chi connectivity index (χ2v) is 8.13. The van der Waals surface area contributed by atoms with Crippen LogP contribution >= 0.6 is 0 Å². The number of hydrogen-bond acceptors (Lipinski definition) is 3. The van der Waals surface area contributed by atoms with Gasteiger partial charge >= 0.3 is 0 Å². The minimum atomic E-state index is 0.671. The Morgan fingerprint density at radius 3 is 2.58 bits per heavy atom. The molecule has 0 N–H and O–H groups in total. The van der Waals surface area contributed by atoms with E-state index in [1.54, 1.807) is 7.11 Å². The molecule has 2 aromatic carbocycles. The van der Waals surface area contributed by atoms with Crippen molar-refractivity contribution in [1.29, 1.82) is 0 Å². The number of anilines is 1. The van der Waals surface area contributed by atoms with Crippen LogP contribution in [-0.4, -0.2) is 43.7 Å². The maximum Gasteiger partial charge on any atom is 0.119 e. The van der Waals surface area contributed by atoms with Crippen LogP contribution < -0.4 is 9.64 Å². The van der Waals surface area contributed by atoms with E-state index >= 15 is 0 Å². The van der Waals surface area contributed by atoms with Gasteiger partial charge in [0.15, 0.2) is 0 Å². The normalized spacial score (nSPS) is 27.6. The lowest BCUT2D eigenvalue weighted by Gasteiger charge is -2.53. The first kappa shape index (κ1) is 16.2. The standard InChI is InChI=1S/C23H28N2O/c1-26-22-12-9-17-7-8-18(23(17)13-22)14-24-15-21-11-10-20(24)16-25(21)19-5-3-2-4-6-19/h2-6,9,12-13,18,20-21H,7-8,10-11,14-16H2,1H3/t18-,20-,21+/m0/s1. The van der Waals surface area contributed by atoms with Crippen LogP contribution in [0.25, 0.3) is 0 Å². The maximum atomic E-state index is 5.47. The molecule has 3 nitrogen and oxygen atoms in total. The van der Waals surface area contributed by atoms with Crippen molar-refractivity contribution in [1.82, 2.24) is 4.90 Å². The Labute approximate surface area is 156 Å². The Balaban J connectivity index is 1.31. The van der Waals surface area contributed by atoms with Gasteiger partial charge in [-0.15, -0.1) is 0 Å². The van der Waals surface area contributed by atoms with Crippen LogP contribution in [0.5, 0.6) is 5.75 Å². The molecule has 0 radical (unpaired) electrons. The maximum absolute atomic E-state index is 5.47. The van der Waals surface area contributed by atoms with Gasteiger partial charge in [0, 0.05) is 37.4 Å². The Kier molecular flexibility index (Phi) is 4.12. The average Bonchev–Trinajstić information content (AvgIpc) is 3.11. The highest BCUT2D eigenvalue weighted by molar-refractivity contribution is 5.49. The van der Waals surface area contributed by atoms with Crippen molar-refractivity contribution in [3.05, 3.63) is 59.7 Å². The lowest BCUT2D eigenvalue weighted by atomic mass is 9.88. The number of hydrogen-bond donors (Lipinski definition) is 0. The number of methoxy groups -OCH3 is 1. The number of benzene rings is 2. The Morgan fingerprint density at radius 1 is 0.962 bits per heavy atom. The lowest BCUT2D eigenvalue weighted by molar-refractivity contribution is 0.0894. The minimum absolute atomic E-state index is 0.671. The summed E-state index contributed by atoms with van der Waals surface area (Å²) < 4.78 is 5.47. The van der Waals surface area contributed by atoms with E-state index in [-0.39, 0.29) is 0 Å². The molecule has 26 heavy (non-hydrogen) atoms. The first-order valence-corrected chi connectivity index (χ1v) is 10.0. The second-order valence-electron chi connectivity index (χ2n) is 8.13. The number of para-hydroxylation sites is 1. The van der Waals surface area contributed by atoms with Gasteiger partial charge in [0.05, 0.1) is 7.11 Å². The van der Waals surface area contributed by atoms with Crippen molar-refractivity contribution in [2.45, 2.75) is 43.7 Å². The van der Waals surface area contributed by atoms with Crippen LogP contribution in [0, 0.1) is 0 Å². The molecule has 3 saturated heterocycles. The molecule has 0 amide bonds. The Morgan fingerprint density at radius 2 is 1.81 bits per heavy atom. The highest BCUT2D eigenvalue weighted by Gasteiger charge is 2.40. The third-order valence-corrected chi connectivity index (χ3v) is 6.74. The van der Waals surface area contributed by atoms with Crippen molar-refractivity contribution in [3.63, 3.8) is 0 Å².